The number of hydrogen-bond acceptors (Lipinski definition) is 6. The van der Waals surface area contributed by atoms with Crippen LogP contribution in [-0.2, 0) is 11.3 Å². The summed E-state index contributed by atoms with van der Waals surface area (Å²) in [6.07, 6.45) is 6.80. The zero-order valence-corrected chi connectivity index (χ0v) is 18.6. The van der Waals surface area contributed by atoms with Crippen LogP contribution in [0.25, 0.3) is 11.0 Å². The first-order valence-electron chi connectivity index (χ1n) is 11.0. The Morgan fingerprint density at radius 3 is 2.88 bits per heavy atom. The van der Waals surface area contributed by atoms with Gasteiger partial charge in [-0.3, -0.25) is 9.88 Å². The van der Waals surface area contributed by atoms with Crippen molar-refractivity contribution in [1.82, 2.24) is 19.5 Å². The monoisotopic (exact) mass is 430 g/mol. The maximum atomic E-state index is 12.8. The molecule has 8 heteroatoms. The van der Waals surface area contributed by atoms with Gasteiger partial charge in [-0.25, -0.2) is 14.8 Å². The number of ether oxygens (including phenoxy) is 1. The molecule has 0 N–H and O–H groups in total. The van der Waals surface area contributed by atoms with Crippen LogP contribution in [-0.4, -0.2) is 37.8 Å². The predicted molar refractivity (Wildman–Crippen MR) is 119 cm³/mol. The van der Waals surface area contributed by atoms with Crippen molar-refractivity contribution in [3.63, 3.8) is 0 Å². The molecule has 1 saturated heterocycles. The third-order valence-corrected chi connectivity index (χ3v) is 6.73. The van der Waals surface area contributed by atoms with E-state index in [9.17, 15) is 10.1 Å². The number of carbonyl (C=O) groups excluding carboxylic acids is 1. The van der Waals surface area contributed by atoms with Gasteiger partial charge in [0.2, 0.25) is 0 Å². The maximum Gasteiger partial charge on any atom is 0.416 e. The third kappa shape index (κ3) is 3.48. The molecule has 1 aromatic carbocycles. The molecule has 1 aliphatic heterocycles. The number of nitrogens with zero attached hydrogens (tertiary/aromatic N) is 6. The van der Waals surface area contributed by atoms with Gasteiger partial charge in [-0.05, 0) is 63.1 Å². The van der Waals surface area contributed by atoms with Crippen molar-refractivity contribution < 1.29 is 9.53 Å². The Bertz CT molecular complexity index is 1260. The number of rotatable bonds is 3. The number of aromatic nitrogens is 4. The lowest BCUT2D eigenvalue weighted by Crippen LogP contribution is -2.45. The molecule has 8 nitrogen and oxygen atoms in total. The molecule has 164 valence electrons. The highest BCUT2D eigenvalue weighted by atomic mass is 16.6. The first kappa shape index (κ1) is 20.4. The average Bonchev–Trinajstić information content (AvgIpc) is 3.27. The smallest absolute Gasteiger partial charge is 0.416 e. The number of nitriles is 1. The Hall–Kier alpha value is -3.47. The Balaban J connectivity index is 1.40. The van der Waals surface area contributed by atoms with Crippen LogP contribution in [0.1, 0.15) is 49.6 Å². The van der Waals surface area contributed by atoms with Crippen LogP contribution in [0.4, 0.5) is 10.6 Å². The van der Waals surface area contributed by atoms with Gasteiger partial charge >= 0.3 is 6.09 Å². The van der Waals surface area contributed by atoms with E-state index < -0.39 is 5.60 Å². The van der Waals surface area contributed by atoms with Crippen molar-refractivity contribution in [2.24, 2.45) is 5.41 Å². The molecule has 3 aromatic rings. The SMILES string of the molecule is Cc1cnc(N2CC3(CCCC(C)(Cn4cnc5ccc(C#N)cc54)C3)OC2=O)c(C)n1. The summed E-state index contributed by atoms with van der Waals surface area (Å²) in [4.78, 5) is 27.9. The fourth-order valence-corrected chi connectivity index (χ4v) is 5.46. The van der Waals surface area contributed by atoms with E-state index in [0.29, 0.717) is 17.9 Å². The molecule has 1 saturated carbocycles. The Kier molecular flexibility index (Phi) is 4.66. The zero-order valence-electron chi connectivity index (χ0n) is 18.6. The fraction of sp³-hybridized carbons (Fsp3) is 0.458. The largest absolute Gasteiger partial charge is 0.441 e. The fourth-order valence-electron chi connectivity index (χ4n) is 5.46. The van der Waals surface area contributed by atoms with Gasteiger partial charge in [0.1, 0.15) is 5.60 Å². The topological polar surface area (TPSA) is 96.9 Å². The van der Waals surface area contributed by atoms with Gasteiger partial charge in [-0.2, -0.15) is 5.26 Å². The van der Waals surface area contributed by atoms with E-state index in [1.54, 1.807) is 17.2 Å². The lowest BCUT2D eigenvalue weighted by molar-refractivity contribution is -0.0264. The van der Waals surface area contributed by atoms with E-state index in [2.05, 4.69) is 32.5 Å². The highest BCUT2D eigenvalue weighted by Crippen LogP contribution is 2.48. The van der Waals surface area contributed by atoms with Crippen LogP contribution in [0.5, 0.6) is 0 Å². The molecule has 3 heterocycles. The molecule has 1 spiro atoms. The van der Waals surface area contributed by atoms with Crippen LogP contribution >= 0.6 is 0 Å². The Morgan fingerprint density at radius 2 is 2.09 bits per heavy atom. The average molecular weight is 431 g/mol. The number of fused-ring (bicyclic) bond motifs is 1. The highest BCUT2D eigenvalue weighted by molar-refractivity contribution is 5.89. The molecule has 32 heavy (non-hydrogen) atoms. The van der Waals surface area contributed by atoms with Gasteiger partial charge in [0.25, 0.3) is 0 Å². The third-order valence-electron chi connectivity index (χ3n) is 6.73. The van der Waals surface area contributed by atoms with Crippen LogP contribution in [0.15, 0.2) is 30.7 Å². The van der Waals surface area contributed by atoms with E-state index in [0.717, 1.165) is 54.6 Å². The van der Waals surface area contributed by atoms with Crippen molar-refractivity contribution in [1.29, 1.82) is 5.26 Å². The first-order chi connectivity index (χ1) is 15.3. The van der Waals surface area contributed by atoms with Crippen molar-refractivity contribution in [2.75, 3.05) is 11.4 Å². The zero-order chi connectivity index (χ0) is 22.5. The van der Waals surface area contributed by atoms with Gasteiger partial charge in [0.05, 0.1) is 53.1 Å². The number of carbonyl (C=O) groups is 1. The van der Waals surface area contributed by atoms with Crippen LogP contribution in [0, 0.1) is 30.6 Å². The Labute approximate surface area is 186 Å². The van der Waals surface area contributed by atoms with Crippen LogP contribution in [0.3, 0.4) is 0 Å². The first-order valence-corrected chi connectivity index (χ1v) is 11.0. The van der Waals surface area contributed by atoms with Crippen molar-refractivity contribution in [3.8, 4) is 6.07 Å². The molecular formula is C24H26N6O2. The lowest BCUT2D eigenvalue weighted by Gasteiger charge is -2.43. The highest BCUT2D eigenvalue weighted by Gasteiger charge is 2.52. The van der Waals surface area contributed by atoms with E-state index in [1.165, 1.54) is 0 Å². The number of amides is 1. The molecule has 1 amide bonds. The van der Waals surface area contributed by atoms with Gasteiger partial charge in [0.15, 0.2) is 5.82 Å². The van der Waals surface area contributed by atoms with Crippen molar-refractivity contribution in [3.05, 3.63) is 47.7 Å². The second kappa shape index (κ2) is 7.30. The minimum atomic E-state index is -0.530. The minimum Gasteiger partial charge on any atom is -0.441 e. The van der Waals surface area contributed by atoms with Crippen LogP contribution in [0.2, 0.25) is 0 Å². The second-order valence-electron chi connectivity index (χ2n) is 9.59. The number of imidazole rings is 1. The van der Waals surface area contributed by atoms with E-state index >= 15 is 0 Å². The number of benzene rings is 1. The second-order valence-corrected chi connectivity index (χ2v) is 9.59. The van der Waals surface area contributed by atoms with E-state index in [4.69, 9.17) is 4.74 Å². The van der Waals surface area contributed by atoms with Crippen LogP contribution < -0.4 is 4.90 Å². The molecule has 0 bridgehead atoms. The Morgan fingerprint density at radius 1 is 1.25 bits per heavy atom. The normalized spacial score (nSPS) is 25.3. The van der Waals surface area contributed by atoms with Gasteiger partial charge in [-0.1, -0.05) is 6.92 Å². The summed E-state index contributed by atoms with van der Waals surface area (Å²) in [6, 6.07) is 7.77. The molecule has 2 atom stereocenters. The van der Waals surface area contributed by atoms with Gasteiger partial charge in [-0.15, -0.1) is 0 Å². The summed E-state index contributed by atoms with van der Waals surface area (Å²) in [5.41, 5.74) is 3.42. The predicted octanol–water partition coefficient (Wildman–Crippen LogP) is 4.29. The molecule has 2 unspecified atom stereocenters. The molecule has 1 aliphatic carbocycles. The van der Waals surface area contributed by atoms with Crippen molar-refractivity contribution >= 4 is 22.9 Å². The molecule has 2 aromatic heterocycles. The molecule has 2 fully saturated rings. The summed E-state index contributed by atoms with van der Waals surface area (Å²) >= 11 is 0. The molecule has 0 radical (unpaired) electrons. The summed E-state index contributed by atoms with van der Waals surface area (Å²) < 4.78 is 8.16. The minimum absolute atomic E-state index is 0.0706. The number of hydrogen-bond donors (Lipinski definition) is 0. The summed E-state index contributed by atoms with van der Waals surface area (Å²) in [5.74, 6) is 0.578. The van der Waals surface area contributed by atoms with Gasteiger partial charge < -0.3 is 9.30 Å². The van der Waals surface area contributed by atoms with E-state index in [1.807, 2.05) is 32.3 Å². The molecular weight excluding hydrogens is 404 g/mol. The molecule has 2 aliphatic rings. The summed E-state index contributed by atoms with van der Waals surface area (Å²) in [7, 11) is 0. The number of aryl methyl sites for hydroxylation is 2. The molecule has 5 rings (SSSR count). The van der Waals surface area contributed by atoms with Gasteiger partial charge in [0, 0.05) is 6.54 Å². The van der Waals surface area contributed by atoms with Crippen molar-refractivity contribution in [2.45, 2.75) is 58.6 Å². The standard InChI is InChI=1S/C24H26N6O2/c1-16-11-26-21(17(2)28-16)30-14-24(32-22(30)31)8-4-7-23(3,12-24)13-29-15-27-19-6-5-18(10-25)9-20(19)29/h5-6,9,11,15H,4,7-8,12-14H2,1-3H3. The quantitative estimate of drug-likeness (QED) is 0.615. The summed E-state index contributed by atoms with van der Waals surface area (Å²) in [6.45, 7) is 7.25. The lowest BCUT2D eigenvalue weighted by atomic mass is 9.68. The summed E-state index contributed by atoms with van der Waals surface area (Å²) in [5, 5.41) is 9.27. The number of anilines is 1. The maximum absolute atomic E-state index is 12.8. The van der Waals surface area contributed by atoms with E-state index in [-0.39, 0.29) is 11.5 Å².